The predicted molar refractivity (Wildman–Crippen MR) is 75.8 cm³/mol. The molecule has 0 bridgehead atoms. The standard InChI is InChI=1S/C12H16N4O4S/c1-3-4-16-7-9(6-10(16)12(17)18)21(19,20)15-11-5-8(2)13-14-11/h5-7H,3-4H2,1-2H3,(H,17,18)(H2,13,14,15). The fourth-order valence-corrected chi connectivity index (χ4v) is 2.93. The quantitative estimate of drug-likeness (QED) is 0.746. The SMILES string of the molecule is CCCn1cc(S(=O)(=O)Nc2cc(C)[nH]n2)cc1C(=O)O. The van der Waals surface area contributed by atoms with Gasteiger partial charge in [0, 0.05) is 24.5 Å². The molecule has 0 saturated carbocycles. The minimum atomic E-state index is -3.87. The van der Waals surface area contributed by atoms with Gasteiger partial charge in [-0.1, -0.05) is 6.92 Å². The zero-order chi connectivity index (χ0) is 15.6. The van der Waals surface area contributed by atoms with Gasteiger partial charge in [-0.05, 0) is 19.4 Å². The van der Waals surface area contributed by atoms with Gasteiger partial charge in [-0.2, -0.15) is 5.10 Å². The van der Waals surface area contributed by atoms with Gasteiger partial charge in [0.2, 0.25) is 0 Å². The lowest BCUT2D eigenvalue weighted by Crippen LogP contribution is -2.12. The van der Waals surface area contributed by atoms with Crippen molar-refractivity contribution in [2.75, 3.05) is 4.72 Å². The molecule has 8 nitrogen and oxygen atoms in total. The number of nitrogens with zero attached hydrogens (tertiary/aromatic N) is 2. The number of carboxylic acids is 1. The van der Waals surface area contributed by atoms with Crippen molar-refractivity contribution in [3.8, 4) is 0 Å². The molecule has 0 atom stereocenters. The second-order valence-electron chi connectivity index (χ2n) is 4.60. The van der Waals surface area contributed by atoms with Crippen LogP contribution < -0.4 is 4.72 Å². The highest BCUT2D eigenvalue weighted by Gasteiger charge is 2.22. The van der Waals surface area contributed by atoms with Crippen LogP contribution in [0.25, 0.3) is 0 Å². The molecule has 2 aromatic heterocycles. The van der Waals surface area contributed by atoms with Gasteiger partial charge in [-0.15, -0.1) is 0 Å². The number of aromatic amines is 1. The van der Waals surface area contributed by atoms with E-state index in [0.29, 0.717) is 18.7 Å². The molecule has 2 aromatic rings. The Morgan fingerprint density at radius 1 is 1.48 bits per heavy atom. The molecule has 21 heavy (non-hydrogen) atoms. The molecule has 0 amide bonds. The second kappa shape index (κ2) is 5.60. The van der Waals surface area contributed by atoms with Crippen molar-refractivity contribution in [3.63, 3.8) is 0 Å². The first-order valence-corrected chi connectivity index (χ1v) is 7.80. The van der Waals surface area contributed by atoms with Crippen LogP contribution in [-0.2, 0) is 16.6 Å². The van der Waals surface area contributed by atoms with E-state index in [2.05, 4.69) is 14.9 Å². The molecule has 2 heterocycles. The largest absolute Gasteiger partial charge is 0.477 e. The summed E-state index contributed by atoms with van der Waals surface area (Å²) in [4.78, 5) is 11.0. The Bertz CT molecular complexity index is 760. The van der Waals surface area contributed by atoms with Gasteiger partial charge in [0.1, 0.15) is 10.6 Å². The van der Waals surface area contributed by atoms with Crippen LogP contribution >= 0.6 is 0 Å². The van der Waals surface area contributed by atoms with Crippen LogP contribution in [0.5, 0.6) is 0 Å². The molecule has 3 N–H and O–H groups in total. The van der Waals surface area contributed by atoms with Gasteiger partial charge < -0.3 is 9.67 Å². The van der Waals surface area contributed by atoms with E-state index < -0.39 is 16.0 Å². The number of aromatic carboxylic acids is 1. The molecular formula is C12H16N4O4S. The first kappa shape index (κ1) is 15.1. The molecule has 0 aliphatic rings. The third-order valence-corrected chi connectivity index (χ3v) is 4.13. The number of aryl methyl sites for hydroxylation is 2. The Labute approximate surface area is 121 Å². The van der Waals surface area contributed by atoms with Crippen LogP contribution in [0.4, 0.5) is 5.82 Å². The molecule has 0 radical (unpaired) electrons. The fraction of sp³-hybridized carbons (Fsp3) is 0.333. The maximum Gasteiger partial charge on any atom is 0.352 e. The number of rotatable bonds is 6. The summed E-state index contributed by atoms with van der Waals surface area (Å²) in [6.45, 7) is 4.05. The summed E-state index contributed by atoms with van der Waals surface area (Å²) in [5.74, 6) is -1.01. The number of hydrogen-bond donors (Lipinski definition) is 3. The van der Waals surface area contributed by atoms with Crippen molar-refractivity contribution in [1.29, 1.82) is 0 Å². The highest BCUT2D eigenvalue weighted by Crippen LogP contribution is 2.18. The minimum Gasteiger partial charge on any atom is -0.477 e. The van der Waals surface area contributed by atoms with Gasteiger partial charge in [-0.25, -0.2) is 13.2 Å². The second-order valence-corrected chi connectivity index (χ2v) is 6.28. The molecule has 0 aliphatic heterocycles. The lowest BCUT2D eigenvalue weighted by Gasteiger charge is -2.03. The van der Waals surface area contributed by atoms with E-state index >= 15 is 0 Å². The normalized spacial score (nSPS) is 11.5. The lowest BCUT2D eigenvalue weighted by atomic mass is 10.4. The molecule has 2 rings (SSSR count). The van der Waals surface area contributed by atoms with Gasteiger partial charge in [-0.3, -0.25) is 9.82 Å². The molecular weight excluding hydrogens is 296 g/mol. The third-order valence-electron chi connectivity index (χ3n) is 2.81. The van der Waals surface area contributed by atoms with Crippen LogP contribution in [0.2, 0.25) is 0 Å². The smallest absolute Gasteiger partial charge is 0.352 e. The summed E-state index contributed by atoms with van der Waals surface area (Å²) >= 11 is 0. The summed E-state index contributed by atoms with van der Waals surface area (Å²) in [6, 6.07) is 2.68. The van der Waals surface area contributed by atoms with Crippen molar-refractivity contribution in [1.82, 2.24) is 14.8 Å². The molecule has 0 aromatic carbocycles. The van der Waals surface area contributed by atoms with E-state index in [1.807, 2.05) is 6.92 Å². The third kappa shape index (κ3) is 3.24. The predicted octanol–water partition coefficient (Wildman–Crippen LogP) is 1.43. The number of aromatic nitrogens is 3. The average molecular weight is 312 g/mol. The first-order chi connectivity index (χ1) is 9.83. The highest BCUT2D eigenvalue weighted by atomic mass is 32.2. The van der Waals surface area contributed by atoms with Gasteiger partial charge in [0.15, 0.2) is 5.82 Å². The molecule has 0 fully saturated rings. The first-order valence-electron chi connectivity index (χ1n) is 6.32. The maximum atomic E-state index is 12.2. The summed E-state index contributed by atoms with van der Waals surface area (Å²) in [7, 11) is -3.87. The molecule has 0 saturated heterocycles. The zero-order valence-electron chi connectivity index (χ0n) is 11.6. The number of sulfonamides is 1. The lowest BCUT2D eigenvalue weighted by molar-refractivity contribution is 0.0685. The van der Waals surface area contributed by atoms with Crippen molar-refractivity contribution in [3.05, 3.63) is 29.7 Å². The van der Waals surface area contributed by atoms with Crippen molar-refractivity contribution in [2.24, 2.45) is 0 Å². The van der Waals surface area contributed by atoms with Crippen molar-refractivity contribution in [2.45, 2.75) is 31.7 Å². The van der Waals surface area contributed by atoms with Crippen molar-refractivity contribution < 1.29 is 18.3 Å². The number of carbonyl (C=O) groups is 1. The number of H-pyrrole nitrogens is 1. The van der Waals surface area contributed by atoms with E-state index in [1.165, 1.54) is 10.8 Å². The van der Waals surface area contributed by atoms with E-state index in [0.717, 1.165) is 6.07 Å². The number of carboxylic acid groups (broad SMARTS) is 1. The van der Waals surface area contributed by atoms with Crippen LogP contribution in [0, 0.1) is 6.92 Å². The van der Waals surface area contributed by atoms with Crippen LogP contribution in [0.3, 0.4) is 0 Å². The van der Waals surface area contributed by atoms with E-state index in [9.17, 15) is 13.2 Å². The molecule has 0 unspecified atom stereocenters. The topological polar surface area (TPSA) is 117 Å². The fourth-order valence-electron chi connectivity index (χ4n) is 1.90. The van der Waals surface area contributed by atoms with Crippen LogP contribution in [0.15, 0.2) is 23.2 Å². The van der Waals surface area contributed by atoms with E-state index in [-0.39, 0.29) is 16.4 Å². The molecule has 0 spiro atoms. The number of hydrogen-bond acceptors (Lipinski definition) is 4. The summed E-state index contributed by atoms with van der Waals surface area (Å²) < 4.78 is 28.2. The van der Waals surface area contributed by atoms with Crippen LogP contribution in [-0.4, -0.2) is 34.3 Å². The average Bonchev–Trinajstić information content (AvgIpc) is 2.96. The molecule has 0 aliphatic carbocycles. The summed E-state index contributed by atoms with van der Waals surface area (Å²) in [6.07, 6.45) is 2.01. The number of nitrogens with one attached hydrogen (secondary N) is 2. The monoisotopic (exact) mass is 312 g/mol. The molecule has 9 heteroatoms. The minimum absolute atomic E-state index is 0.0598. The Morgan fingerprint density at radius 2 is 2.19 bits per heavy atom. The Balaban J connectivity index is 2.35. The summed E-state index contributed by atoms with van der Waals surface area (Å²) in [5.41, 5.74) is 0.651. The number of anilines is 1. The van der Waals surface area contributed by atoms with Gasteiger partial charge in [0.05, 0.1) is 0 Å². The zero-order valence-corrected chi connectivity index (χ0v) is 12.4. The maximum absolute atomic E-state index is 12.2. The Kier molecular flexibility index (Phi) is 4.03. The highest BCUT2D eigenvalue weighted by molar-refractivity contribution is 7.92. The van der Waals surface area contributed by atoms with Crippen molar-refractivity contribution >= 4 is 21.8 Å². The summed E-state index contributed by atoms with van der Waals surface area (Å²) in [5, 5.41) is 15.5. The van der Waals surface area contributed by atoms with Gasteiger partial charge in [0.25, 0.3) is 10.0 Å². The Morgan fingerprint density at radius 3 is 2.71 bits per heavy atom. The van der Waals surface area contributed by atoms with Gasteiger partial charge >= 0.3 is 5.97 Å². The Hall–Kier alpha value is -2.29. The molecule has 114 valence electrons. The van der Waals surface area contributed by atoms with Crippen LogP contribution in [0.1, 0.15) is 29.5 Å². The van der Waals surface area contributed by atoms with E-state index in [4.69, 9.17) is 5.11 Å². The van der Waals surface area contributed by atoms with E-state index in [1.54, 1.807) is 13.0 Å².